The number of nitrogens with zero attached hydrogens (tertiary/aromatic N) is 6. The van der Waals surface area contributed by atoms with Gasteiger partial charge in [-0.25, -0.2) is 13.8 Å². The molecule has 6 rings (SSSR count). The third kappa shape index (κ3) is 3.98. The number of anilines is 1. The van der Waals surface area contributed by atoms with Crippen LogP contribution in [0, 0.1) is 12.7 Å². The van der Waals surface area contributed by atoms with Crippen molar-refractivity contribution >= 4 is 28.4 Å². The molecule has 1 amide bonds. The Balaban J connectivity index is 1.37. The fourth-order valence-electron chi connectivity index (χ4n) is 5.79. The predicted molar refractivity (Wildman–Crippen MR) is 138 cm³/mol. The lowest BCUT2D eigenvalue weighted by Crippen LogP contribution is -2.54. The highest BCUT2D eigenvalue weighted by atomic mass is 19.1. The van der Waals surface area contributed by atoms with Crippen molar-refractivity contribution in [1.82, 2.24) is 24.5 Å². The minimum absolute atomic E-state index is 0.0310. The number of fused-ring (bicyclic) bond motifs is 3. The Morgan fingerprint density at radius 1 is 1.00 bits per heavy atom. The third-order valence-electron chi connectivity index (χ3n) is 7.73. The highest BCUT2D eigenvalue weighted by Gasteiger charge is 2.32. The first-order chi connectivity index (χ1) is 17.5. The van der Waals surface area contributed by atoms with Gasteiger partial charge in [0.25, 0.3) is 5.91 Å². The van der Waals surface area contributed by atoms with E-state index in [1.54, 1.807) is 12.1 Å². The molecule has 7 nitrogen and oxygen atoms in total. The first-order valence-corrected chi connectivity index (χ1v) is 13.0. The molecule has 0 N–H and O–H groups in total. The summed E-state index contributed by atoms with van der Waals surface area (Å²) >= 11 is 0. The summed E-state index contributed by atoms with van der Waals surface area (Å²) in [5.74, 6) is 1.84. The monoisotopic (exact) mass is 486 g/mol. The smallest absolute Gasteiger partial charge is 0.254 e. The molecule has 0 radical (unpaired) electrons. The van der Waals surface area contributed by atoms with Crippen molar-refractivity contribution in [2.45, 2.75) is 57.9 Å². The van der Waals surface area contributed by atoms with Gasteiger partial charge in [0, 0.05) is 42.5 Å². The topological polar surface area (TPSA) is 66.6 Å². The van der Waals surface area contributed by atoms with Gasteiger partial charge in [0.05, 0.1) is 5.52 Å². The van der Waals surface area contributed by atoms with Gasteiger partial charge in [-0.3, -0.25) is 4.79 Å². The van der Waals surface area contributed by atoms with Crippen molar-refractivity contribution in [1.29, 1.82) is 0 Å². The summed E-state index contributed by atoms with van der Waals surface area (Å²) < 4.78 is 15.5. The number of carbonyl (C=O) groups is 1. The summed E-state index contributed by atoms with van der Waals surface area (Å²) in [4.78, 5) is 22.4. The molecule has 1 aliphatic carbocycles. The van der Waals surface area contributed by atoms with E-state index in [-0.39, 0.29) is 17.8 Å². The van der Waals surface area contributed by atoms with Crippen molar-refractivity contribution in [3.63, 3.8) is 0 Å². The van der Waals surface area contributed by atoms with Gasteiger partial charge in [-0.2, -0.15) is 0 Å². The molecular formula is C28H31FN6O. The molecule has 4 aromatic rings. The second kappa shape index (κ2) is 9.15. The van der Waals surface area contributed by atoms with Crippen LogP contribution in [0.5, 0.6) is 0 Å². The zero-order valence-electron chi connectivity index (χ0n) is 20.8. The third-order valence-corrected chi connectivity index (χ3v) is 7.73. The van der Waals surface area contributed by atoms with Crippen LogP contribution in [0.25, 0.3) is 16.6 Å². The number of amides is 1. The number of rotatable bonds is 3. The van der Waals surface area contributed by atoms with Gasteiger partial charge in [0.1, 0.15) is 11.6 Å². The fraction of sp³-hybridized carbons (Fsp3) is 0.429. The molecule has 0 bridgehead atoms. The SMILES string of the molecule is Cc1ccc2nc(N3CCN(C(=O)c4ccc(F)cc4)[C@@H](C)C3)n3c(C4CCCCC4)nnc3c2c1. The second-order valence-corrected chi connectivity index (χ2v) is 10.3. The van der Waals surface area contributed by atoms with Crippen molar-refractivity contribution in [3.05, 3.63) is 65.2 Å². The van der Waals surface area contributed by atoms with Crippen LogP contribution >= 0.6 is 0 Å². The van der Waals surface area contributed by atoms with Gasteiger partial charge in [-0.15, -0.1) is 10.2 Å². The standard InChI is InChI=1S/C28H31FN6O/c1-18-8-13-24-23(16-18)26-32-31-25(20-6-4-3-5-7-20)35(26)28(30-24)33-14-15-34(19(2)17-33)27(36)21-9-11-22(29)12-10-21/h8-13,16,19-20H,3-7,14-15,17H2,1-2H3/t19-/m0/s1. The number of piperazine rings is 1. The molecule has 186 valence electrons. The average molecular weight is 487 g/mol. The van der Waals surface area contributed by atoms with Gasteiger partial charge in [0.2, 0.25) is 5.95 Å². The molecule has 1 saturated carbocycles. The van der Waals surface area contributed by atoms with E-state index < -0.39 is 0 Å². The van der Waals surface area contributed by atoms with E-state index in [2.05, 4.69) is 46.4 Å². The minimum Gasteiger partial charge on any atom is -0.338 e. The molecule has 8 heteroatoms. The Kier molecular flexibility index (Phi) is 5.82. The van der Waals surface area contributed by atoms with E-state index in [9.17, 15) is 9.18 Å². The highest BCUT2D eigenvalue weighted by Crippen LogP contribution is 2.35. The van der Waals surface area contributed by atoms with E-state index in [1.807, 2.05) is 4.90 Å². The summed E-state index contributed by atoms with van der Waals surface area (Å²) in [6.45, 7) is 6.01. The molecule has 2 fully saturated rings. The lowest BCUT2D eigenvalue weighted by molar-refractivity contribution is 0.0673. The summed E-state index contributed by atoms with van der Waals surface area (Å²) in [6.07, 6.45) is 5.97. The summed E-state index contributed by atoms with van der Waals surface area (Å²) in [7, 11) is 0. The predicted octanol–water partition coefficient (Wildman–Crippen LogP) is 5.12. The number of benzene rings is 2. The molecule has 1 aliphatic heterocycles. The Labute approximate surface area is 209 Å². The number of hydrogen-bond donors (Lipinski definition) is 0. The molecule has 0 unspecified atom stereocenters. The maximum absolute atomic E-state index is 13.4. The molecule has 2 aliphatic rings. The molecular weight excluding hydrogens is 455 g/mol. The first kappa shape index (κ1) is 22.9. The van der Waals surface area contributed by atoms with Crippen LogP contribution in [-0.4, -0.2) is 56.1 Å². The van der Waals surface area contributed by atoms with Crippen LogP contribution < -0.4 is 4.90 Å². The first-order valence-electron chi connectivity index (χ1n) is 13.0. The highest BCUT2D eigenvalue weighted by molar-refractivity contribution is 5.95. The Morgan fingerprint density at radius 3 is 2.53 bits per heavy atom. The van der Waals surface area contributed by atoms with Crippen LogP contribution in [-0.2, 0) is 0 Å². The maximum Gasteiger partial charge on any atom is 0.254 e. The number of aryl methyl sites for hydroxylation is 1. The quantitative estimate of drug-likeness (QED) is 0.402. The van der Waals surface area contributed by atoms with E-state index in [0.717, 1.165) is 41.2 Å². The normalized spacial score (nSPS) is 19.4. The zero-order chi connectivity index (χ0) is 24.8. The number of halogens is 1. The molecule has 0 spiro atoms. The lowest BCUT2D eigenvalue weighted by atomic mass is 9.89. The second-order valence-electron chi connectivity index (χ2n) is 10.3. The Morgan fingerprint density at radius 2 is 1.78 bits per heavy atom. The summed E-state index contributed by atoms with van der Waals surface area (Å²) in [6, 6.07) is 12.0. The van der Waals surface area contributed by atoms with Crippen molar-refractivity contribution in [2.75, 3.05) is 24.5 Å². The number of aromatic nitrogens is 4. The van der Waals surface area contributed by atoms with Gasteiger partial charge >= 0.3 is 0 Å². The fourth-order valence-corrected chi connectivity index (χ4v) is 5.79. The van der Waals surface area contributed by atoms with Crippen LogP contribution in [0.3, 0.4) is 0 Å². The van der Waals surface area contributed by atoms with Crippen molar-refractivity contribution < 1.29 is 9.18 Å². The van der Waals surface area contributed by atoms with Crippen molar-refractivity contribution in [3.8, 4) is 0 Å². The van der Waals surface area contributed by atoms with E-state index in [1.165, 1.54) is 37.0 Å². The Bertz CT molecular complexity index is 1430. The van der Waals surface area contributed by atoms with Gasteiger partial charge in [-0.05, 0) is 63.1 Å². The average Bonchev–Trinajstić information content (AvgIpc) is 3.34. The number of hydrogen-bond acceptors (Lipinski definition) is 5. The van der Waals surface area contributed by atoms with E-state index in [4.69, 9.17) is 10.1 Å². The van der Waals surface area contributed by atoms with Crippen LogP contribution in [0.15, 0.2) is 42.5 Å². The van der Waals surface area contributed by atoms with Gasteiger partial charge < -0.3 is 9.80 Å². The van der Waals surface area contributed by atoms with Crippen LogP contribution in [0.1, 0.15) is 66.7 Å². The number of carbonyl (C=O) groups excluding carboxylic acids is 1. The van der Waals surface area contributed by atoms with Gasteiger partial charge in [0.15, 0.2) is 5.65 Å². The molecule has 1 atom stereocenters. The van der Waals surface area contributed by atoms with Crippen LogP contribution in [0.4, 0.5) is 10.3 Å². The van der Waals surface area contributed by atoms with Crippen molar-refractivity contribution in [2.24, 2.45) is 0 Å². The minimum atomic E-state index is -0.339. The van der Waals surface area contributed by atoms with Gasteiger partial charge in [-0.1, -0.05) is 30.9 Å². The summed E-state index contributed by atoms with van der Waals surface area (Å²) in [5, 5.41) is 10.4. The lowest BCUT2D eigenvalue weighted by Gasteiger charge is -2.40. The Hall–Kier alpha value is -3.55. The molecule has 1 saturated heterocycles. The largest absolute Gasteiger partial charge is 0.338 e. The molecule has 2 aromatic carbocycles. The molecule has 3 heterocycles. The molecule has 36 heavy (non-hydrogen) atoms. The molecule has 2 aromatic heterocycles. The maximum atomic E-state index is 13.4. The zero-order valence-corrected chi connectivity index (χ0v) is 20.8. The summed E-state index contributed by atoms with van der Waals surface area (Å²) in [5.41, 5.74) is 3.44. The van der Waals surface area contributed by atoms with E-state index in [0.29, 0.717) is 31.1 Å². The van der Waals surface area contributed by atoms with E-state index >= 15 is 0 Å². The van der Waals surface area contributed by atoms with Crippen LogP contribution in [0.2, 0.25) is 0 Å².